The topological polar surface area (TPSA) is 211 Å². The molecule has 0 saturated carbocycles. The molecule has 0 N–H and O–H groups in total. The van der Waals surface area contributed by atoms with Crippen LogP contribution in [-0.4, -0.2) is 150 Å². The Kier molecular flexibility index (Phi) is 23.2. The number of thiophene rings is 1. The van der Waals surface area contributed by atoms with Crippen LogP contribution in [0, 0.1) is 51.5 Å². The van der Waals surface area contributed by atoms with Gasteiger partial charge in [-0.1, -0.05) is 103 Å². The minimum Gasteiger partial charge on any atom is -0.366 e. The van der Waals surface area contributed by atoms with Crippen molar-refractivity contribution in [3.63, 3.8) is 0 Å². The second kappa shape index (κ2) is 32.5. The normalized spacial score (nSPS) is 13.9. The third-order valence-corrected chi connectivity index (χ3v) is 20.1. The monoisotopic (exact) mass is 1450 g/mol. The number of nitrogens with zero attached hydrogens (tertiary/aromatic N) is 13. The number of fused-ring (bicyclic) bond motifs is 3. The Morgan fingerprint density at radius 2 is 0.951 bits per heavy atom. The molecule has 6 aromatic carbocycles. The standard InChI is InChI=1S/C28H21Cl2FN4O2.C26H27ClFN5O2.C23H24N4O2S/c29-23-10-7-19(15-24(23)30)27(36)34-13-11-33(12-14-34)26-21-3-1-2-4-25(21)35(28(37)22(26)16-32)17-18-5-8-20(31)9-6-18;1-30(2)10-3-11-33-23-9-6-19(27)16-21(23)24(22(17-29)26(33)35)31-12-14-32(15-13-31)25(34)18-4-7-20(28)8-5-18;1-16(2)15-27-19-7-4-3-6-17(19)21(18(14-24)22(27)28)25-9-11-26(12-10-25)23(29)20-8-5-13-30-20/h1-10,15H,11-14,17H2;4-9,16H,3,10-15H2,1-2H3;3-8,13,16H,9-12,15H2,1-2H3. The van der Waals surface area contributed by atoms with Gasteiger partial charge in [0.2, 0.25) is 0 Å². The average molecular weight is 1450 g/mol. The number of hydrogen-bond acceptors (Lipinski definition) is 14. The summed E-state index contributed by atoms with van der Waals surface area (Å²) in [5, 5.41) is 35.4. The van der Waals surface area contributed by atoms with E-state index >= 15 is 0 Å². The molecule has 0 atom stereocenters. The zero-order chi connectivity index (χ0) is 72.5. The molecule has 0 spiro atoms. The molecule has 3 saturated heterocycles. The Labute approximate surface area is 607 Å². The number of hydrogen-bond donors (Lipinski definition) is 0. The van der Waals surface area contributed by atoms with Gasteiger partial charge in [0.05, 0.1) is 55.1 Å². The van der Waals surface area contributed by atoms with Gasteiger partial charge in [-0.25, -0.2) is 8.78 Å². The molecule has 3 amide bonds. The van der Waals surface area contributed by atoms with Crippen molar-refractivity contribution < 1.29 is 23.2 Å². The average Bonchev–Trinajstić information content (AvgIpc) is 0.785. The largest absolute Gasteiger partial charge is 0.366 e. The lowest BCUT2D eigenvalue weighted by atomic mass is 10.1. The van der Waals surface area contributed by atoms with Crippen LogP contribution in [-0.2, 0) is 19.6 Å². The number of carbonyl (C=O) groups is 3. The number of amides is 3. The van der Waals surface area contributed by atoms with E-state index in [0.29, 0.717) is 140 Å². The number of benzene rings is 6. The van der Waals surface area contributed by atoms with E-state index < -0.39 is 11.4 Å². The summed E-state index contributed by atoms with van der Waals surface area (Å²) in [5.41, 5.74) is 5.07. The number of halogens is 5. The lowest BCUT2D eigenvalue weighted by molar-refractivity contribution is 0.0739. The van der Waals surface area contributed by atoms with Gasteiger partial charge in [0.15, 0.2) is 0 Å². The number of para-hydroxylation sites is 2. The van der Waals surface area contributed by atoms with Crippen molar-refractivity contribution in [2.75, 3.05) is 114 Å². The highest BCUT2D eigenvalue weighted by atomic mass is 35.5. The van der Waals surface area contributed by atoms with Gasteiger partial charge in [0.25, 0.3) is 34.4 Å². The molecule has 10 aromatic rings. The predicted octanol–water partition coefficient (Wildman–Crippen LogP) is 12.5. The lowest BCUT2D eigenvalue weighted by Crippen LogP contribution is -2.49. The van der Waals surface area contributed by atoms with Crippen LogP contribution in [0.1, 0.15) is 72.9 Å². The van der Waals surface area contributed by atoms with Gasteiger partial charge in [-0.15, -0.1) is 11.3 Å². The number of piperazine rings is 3. The van der Waals surface area contributed by atoms with Gasteiger partial charge in [-0.05, 0) is 135 Å². The SMILES string of the molecule is CC(C)Cn1c(=O)c(C#N)c(N2CCN(C(=O)c3cccs3)CC2)c2ccccc21.CN(C)CCCn1c(=O)c(C#N)c(N2CCN(C(=O)c3ccc(F)cc3)CC2)c2cc(Cl)ccc21.N#Cc1c(N2CCN(C(=O)c3ccc(Cl)c(Cl)c3)CC2)c2ccccc2n(Cc2ccc(F)cc2)c1=O. The molecule has 522 valence electrons. The summed E-state index contributed by atoms with van der Waals surface area (Å²) in [7, 11) is 3.95. The van der Waals surface area contributed by atoms with Crippen molar-refractivity contribution in [1.29, 1.82) is 15.8 Å². The molecule has 0 unspecified atom stereocenters. The fourth-order valence-electron chi connectivity index (χ4n) is 13.3. The lowest BCUT2D eigenvalue weighted by Gasteiger charge is -2.37. The van der Waals surface area contributed by atoms with Crippen LogP contribution in [0.4, 0.5) is 25.8 Å². The first kappa shape index (κ1) is 72.9. The van der Waals surface area contributed by atoms with Gasteiger partial charge in [-0.3, -0.25) is 28.8 Å². The number of anilines is 3. The third kappa shape index (κ3) is 15.9. The predicted molar refractivity (Wildman–Crippen MR) is 399 cm³/mol. The van der Waals surface area contributed by atoms with Crippen molar-refractivity contribution >= 4 is 114 Å². The second-order valence-corrected chi connectivity index (χ2v) is 27.8. The van der Waals surface area contributed by atoms with Gasteiger partial charge >= 0.3 is 0 Å². The van der Waals surface area contributed by atoms with Crippen LogP contribution in [0.5, 0.6) is 0 Å². The summed E-state index contributed by atoms with van der Waals surface area (Å²) in [5.74, 6) is -0.742. The van der Waals surface area contributed by atoms with Crippen LogP contribution in [0.15, 0.2) is 165 Å². The maximum atomic E-state index is 13.5. The second-order valence-electron chi connectivity index (χ2n) is 25.6. The summed E-state index contributed by atoms with van der Waals surface area (Å²) in [4.78, 5) is 92.7. The Bertz CT molecular complexity index is 5120. The molecule has 3 fully saturated rings. The molecule has 102 heavy (non-hydrogen) atoms. The summed E-state index contributed by atoms with van der Waals surface area (Å²) in [6.45, 7) is 12.0. The van der Waals surface area contributed by atoms with E-state index in [1.807, 2.05) is 101 Å². The Morgan fingerprint density at radius 3 is 1.44 bits per heavy atom. The Balaban J connectivity index is 0.000000155. The molecule has 0 radical (unpaired) electrons. The van der Waals surface area contributed by atoms with E-state index in [0.717, 1.165) is 50.6 Å². The smallest absolute Gasteiger partial charge is 0.271 e. The van der Waals surface area contributed by atoms with Gasteiger partial charge in [0.1, 0.15) is 46.5 Å². The van der Waals surface area contributed by atoms with E-state index in [2.05, 4.69) is 41.9 Å². The molecule has 3 aliphatic heterocycles. The van der Waals surface area contributed by atoms with Crippen molar-refractivity contribution in [2.45, 2.75) is 39.9 Å². The Morgan fingerprint density at radius 1 is 0.500 bits per heavy atom. The summed E-state index contributed by atoms with van der Waals surface area (Å²) >= 11 is 19.8. The molecular formula is C77H72Cl3F2N13O6S. The van der Waals surface area contributed by atoms with E-state index in [-0.39, 0.29) is 63.8 Å². The van der Waals surface area contributed by atoms with Crippen LogP contribution in [0.3, 0.4) is 0 Å². The third-order valence-electron chi connectivity index (χ3n) is 18.3. The van der Waals surface area contributed by atoms with Crippen molar-refractivity contribution in [1.82, 2.24) is 33.3 Å². The molecule has 25 heteroatoms. The van der Waals surface area contributed by atoms with Crippen LogP contribution in [0.25, 0.3) is 32.7 Å². The molecule has 7 heterocycles. The minimum atomic E-state index is -0.408. The maximum absolute atomic E-state index is 13.5. The van der Waals surface area contributed by atoms with E-state index in [1.165, 1.54) is 47.7 Å². The molecule has 13 rings (SSSR count). The minimum absolute atomic E-state index is 0.0439. The number of aryl methyl sites for hydroxylation is 1. The van der Waals surface area contributed by atoms with E-state index in [9.17, 15) is 53.3 Å². The summed E-state index contributed by atoms with van der Waals surface area (Å²) in [6.07, 6.45) is 0.763. The molecule has 19 nitrogen and oxygen atoms in total. The first-order valence-corrected chi connectivity index (χ1v) is 35.3. The number of rotatable bonds is 14. The van der Waals surface area contributed by atoms with Gasteiger partial charge in [0, 0.05) is 124 Å². The van der Waals surface area contributed by atoms with Crippen molar-refractivity contribution in [2.24, 2.45) is 5.92 Å². The zero-order valence-corrected chi connectivity index (χ0v) is 59.7. The molecular weight excluding hydrogens is 1380 g/mol. The highest BCUT2D eigenvalue weighted by Crippen LogP contribution is 2.35. The van der Waals surface area contributed by atoms with Gasteiger partial charge in [-0.2, -0.15) is 15.8 Å². The zero-order valence-electron chi connectivity index (χ0n) is 56.6. The summed E-state index contributed by atoms with van der Waals surface area (Å²) in [6, 6.07) is 47.0. The number of nitriles is 3. The van der Waals surface area contributed by atoms with Crippen molar-refractivity contribution in [3.8, 4) is 18.2 Å². The maximum Gasteiger partial charge on any atom is 0.271 e. The van der Waals surface area contributed by atoms with Gasteiger partial charge < -0.3 is 48.0 Å². The highest BCUT2D eigenvalue weighted by Gasteiger charge is 2.32. The fourth-order valence-corrected chi connectivity index (χ4v) is 14.4. The summed E-state index contributed by atoms with van der Waals surface area (Å²) < 4.78 is 31.5. The fraction of sp³-hybridized carbons (Fsp3) is 0.286. The van der Waals surface area contributed by atoms with Crippen molar-refractivity contribution in [3.05, 3.63) is 247 Å². The van der Waals surface area contributed by atoms with Crippen LogP contribution >= 0.6 is 46.1 Å². The van der Waals surface area contributed by atoms with Crippen LogP contribution in [0.2, 0.25) is 15.1 Å². The number of pyridine rings is 3. The Hall–Kier alpha value is -10.4. The first-order chi connectivity index (χ1) is 49.2. The molecule has 4 aromatic heterocycles. The quantitative estimate of drug-likeness (QED) is 0.0993. The van der Waals surface area contributed by atoms with E-state index in [4.69, 9.17) is 34.8 Å². The number of carbonyl (C=O) groups excluding carboxylic acids is 3. The van der Waals surface area contributed by atoms with Crippen LogP contribution < -0.4 is 31.4 Å². The highest BCUT2D eigenvalue weighted by molar-refractivity contribution is 7.12. The number of aromatic nitrogens is 3. The molecule has 0 bridgehead atoms. The molecule has 3 aliphatic rings. The molecule has 0 aliphatic carbocycles. The first-order valence-electron chi connectivity index (χ1n) is 33.3. The van der Waals surface area contributed by atoms with E-state index in [1.54, 1.807) is 66.0 Å².